The third-order valence-corrected chi connectivity index (χ3v) is 12.7. The van der Waals surface area contributed by atoms with Crippen molar-refractivity contribution >= 4 is 31.1 Å². The van der Waals surface area contributed by atoms with Crippen LogP contribution in [0.15, 0.2) is 30.7 Å². The number of methoxy groups -OCH3 is 3. The number of esters is 1. The number of anilines is 1. The molecule has 0 spiro atoms. The van der Waals surface area contributed by atoms with Crippen molar-refractivity contribution in [2.45, 2.75) is 71.9 Å². The first-order chi connectivity index (χ1) is 20.2. The average Bonchev–Trinajstić information content (AvgIpc) is 3.51. The number of fused-ring (bicyclic) bond motifs is 1. The standard InChI is InChI=1S/C31H44N6O5Si/c1-19(2)37-23(17-42-43(10,11)31(3,4)5)25(22-16-36(6)35-27(22)30(38)41-9)26-28(33-18-34-29(26)37)32-15-20-12-13-21(39-7)14-24(20)40-8/h12-14,16,18-19H,15,17H2,1-11H3,(H,32,33,34). The predicted molar refractivity (Wildman–Crippen MR) is 170 cm³/mol. The minimum atomic E-state index is -2.15. The molecule has 0 saturated carbocycles. The van der Waals surface area contributed by atoms with Gasteiger partial charge < -0.3 is 28.5 Å². The molecule has 4 aromatic rings. The fraction of sp³-hybridized carbons (Fsp3) is 0.484. The minimum absolute atomic E-state index is 0.0112. The molecule has 1 aromatic carbocycles. The maximum atomic E-state index is 13.0. The summed E-state index contributed by atoms with van der Waals surface area (Å²) in [5.74, 6) is 1.50. The summed E-state index contributed by atoms with van der Waals surface area (Å²) >= 11 is 0. The van der Waals surface area contributed by atoms with Gasteiger partial charge in [-0.3, -0.25) is 4.68 Å². The van der Waals surface area contributed by atoms with Gasteiger partial charge in [0.2, 0.25) is 0 Å². The van der Waals surface area contributed by atoms with Gasteiger partial charge in [0.05, 0.1) is 39.0 Å². The molecule has 1 N–H and O–H groups in total. The van der Waals surface area contributed by atoms with E-state index in [1.807, 2.05) is 24.4 Å². The third-order valence-electron chi connectivity index (χ3n) is 8.19. The molecule has 232 valence electrons. The number of carbonyl (C=O) groups excluding carboxylic acids is 1. The molecular formula is C31H44N6O5Si. The second-order valence-electron chi connectivity index (χ2n) is 12.3. The Morgan fingerprint density at radius 2 is 1.81 bits per heavy atom. The SMILES string of the molecule is COC(=O)c1nn(C)cc1-c1c(CO[Si](C)(C)C(C)(C)C)n(C(C)C)c2ncnc(NCc3ccc(OC)cc3OC)c12. The van der Waals surface area contributed by atoms with Crippen molar-refractivity contribution in [1.82, 2.24) is 24.3 Å². The number of nitrogens with zero attached hydrogens (tertiary/aromatic N) is 5. The van der Waals surface area contributed by atoms with Crippen molar-refractivity contribution in [3.63, 3.8) is 0 Å². The number of carbonyl (C=O) groups is 1. The van der Waals surface area contributed by atoms with Crippen molar-refractivity contribution in [1.29, 1.82) is 0 Å². The molecule has 0 saturated heterocycles. The molecule has 0 bridgehead atoms. The topological polar surface area (TPSA) is 115 Å². The van der Waals surface area contributed by atoms with E-state index in [-0.39, 0.29) is 16.8 Å². The Labute approximate surface area is 254 Å². The van der Waals surface area contributed by atoms with Crippen molar-refractivity contribution in [2.24, 2.45) is 7.05 Å². The predicted octanol–water partition coefficient (Wildman–Crippen LogP) is 6.35. The molecule has 0 atom stereocenters. The number of nitrogens with one attached hydrogen (secondary N) is 1. The van der Waals surface area contributed by atoms with Gasteiger partial charge in [0.25, 0.3) is 0 Å². The van der Waals surface area contributed by atoms with E-state index < -0.39 is 14.3 Å². The number of benzene rings is 1. The first-order valence-corrected chi connectivity index (χ1v) is 17.2. The van der Waals surface area contributed by atoms with Crippen LogP contribution in [0.1, 0.15) is 62.4 Å². The highest BCUT2D eigenvalue weighted by atomic mass is 28.4. The van der Waals surface area contributed by atoms with E-state index in [9.17, 15) is 4.79 Å². The Balaban J connectivity index is 1.96. The highest BCUT2D eigenvalue weighted by Gasteiger charge is 2.38. The summed E-state index contributed by atoms with van der Waals surface area (Å²) < 4.78 is 26.7. The van der Waals surface area contributed by atoms with Gasteiger partial charge in [-0.25, -0.2) is 14.8 Å². The summed E-state index contributed by atoms with van der Waals surface area (Å²) in [7, 11) is 4.25. The van der Waals surface area contributed by atoms with Crippen molar-refractivity contribution in [2.75, 3.05) is 26.6 Å². The lowest BCUT2D eigenvalue weighted by atomic mass is 10.0. The molecule has 12 heteroatoms. The van der Waals surface area contributed by atoms with Crippen molar-refractivity contribution in [3.05, 3.63) is 47.7 Å². The Hall–Kier alpha value is -3.90. The number of aryl methyl sites for hydroxylation is 1. The van der Waals surface area contributed by atoms with E-state index in [1.165, 1.54) is 7.11 Å². The lowest BCUT2D eigenvalue weighted by molar-refractivity contribution is 0.0594. The van der Waals surface area contributed by atoms with Crippen LogP contribution in [0, 0.1) is 0 Å². The summed E-state index contributed by atoms with van der Waals surface area (Å²) in [6.45, 7) is 16.1. The first-order valence-electron chi connectivity index (χ1n) is 14.3. The van der Waals surface area contributed by atoms with Gasteiger partial charge in [0, 0.05) is 48.6 Å². The highest BCUT2D eigenvalue weighted by molar-refractivity contribution is 6.74. The van der Waals surface area contributed by atoms with E-state index in [2.05, 4.69) is 67.7 Å². The summed E-state index contributed by atoms with van der Waals surface area (Å²) in [6, 6.07) is 5.74. The van der Waals surface area contributed by atoms with Crippen LogP contribution < -0.4 is 14.8 Å². The molecular weight excluding hydrogens is 564 g/mol. The Morgan fingerprint density at radius 3 is 2.42 bits per heavy atom. The number of aromatic nitrogens is 5. The first kappa shape index (κ1) is 32.0. The molecule has 0 unspecified atom stereocenters. The van der Waals surface area contributed by atoms with Crippen LogP contribution in [0.25, 0.3) is 22.2 Å². The number of ether oxygens (including phenoxy) is 3. The van der Waals surface area contributed by atoms with Crippen LogP contribution >= 0.6 is 0 Å². The minimum Gasteiger partial charge on any atom is -0.497 e. The van der Waals surface area contributed by atoms with E-state index >= 15 is 0 Å². The summed E-state index contributed by atoms with van der Waals surface area (Å²) in [5.41, 5.74) is 4.20. The van der Waals surface area contributed by atoms with Crippen LogP contribution in [0.5, 0.6) is 11.5 Å². The smallest absolute Gasteiger partial charge is 0.359 e. The normalized spacial score (nSPS) is 12.2. The lowest BCUT2D eigenvalue weighted by Gasteiger charge is -2.36. The molecule has 3 aromatic heterocycles. The Bertz CT molecular complexity index is 1620. The monoisotopic (exact) mass is 608 g/mol. The zero-order valence-electron chi connectivity index (χ0n) is 27.2. The van der Waals surface area contributed by atoms with Gasteiger partial charge in [-0.15, -0.1) is 0 Å². The average molecular weight is 609 g/mol. The van der Waals surface area contributed by atoms with Gasteiger partial charge in [-0.05, 0) is 44.1 Å². The molecule has 43 heavy (non-hydrogen) atoms. The Morgan fingerprint density at radius 1 is 1.09 bits per heavy atom. The fourth-order valence-electron chi connectivity index (χ4n) is 4.86. The van der Waals surface area contributed by atoms with Crippen molar-refractivity contribution in [3.8, 4) is 22.6 Å². The zero-order valence-corrected chi connectivity index (χ0v) is 28.2. The van der Waals surface area contributed by atoms with Gasteiger partial charge >= 0.3 is 5.97 Å². The third kappa shape index (κ3) is 6.25. The van der Waals surface area contributed by atoms with Crippen molar-refractivity contribution < 1.29 is 23.4 Å². The van der Waals surface area contributed by atoms with Gasteiger partial charge in [-0.1, -0.05) is 20.8 Å². The van der Waals surface area contributed by atoms with Crippen LogP contribution in [0.3, 0.4) is 0 Å². The van der Waals surface area contributed by atoms with Crippen LogP contribution in [-0.2, 0) is 29.4 Å². The fourth-order valence-corrected chi connectivity index (χ4v) is 5.80. The molecule has 0 aliphatic carbocycles. The molecule has 11 nitrogen and oxygen atoms in total. The quantitative estimate of drug-likeness (QED) is 0.154. The largest absolute Gasteiger partial charge is 0.497 e. The highest BCUT2D eigenvalue weighted by Crippen LogP contribution is 2.43. The molecule has 3 heterocycles. The van der Waals surface area contributed by atoms with E-state index in [4.69, 9.17) is 23.6 Å². The van der Waals surface area contributed by atoms with E-state index in [0.717, 1.165) is 27.9 Å². The number of hydrogen-bond acceptors (Lipinski definition) is 9. The lowest BCUT2D eigenvalue weighted by Crippen LogP contribution is -2.40. The Kier molecular flexibility index (Phi) is 9.21. The molecule has 0 fully saturated rings. The second kappa shape index (κ2) is 12.4. The second-order valence-corrected chi connectivity index (χ2v) is 17.2. The van der Waals surface area contributed by atoms with Crippen LogP contribution in [0.4, 0.5) is 5.82 Å². The van der Waals surface area contributed by atoms with E-state index in [1.54, 1.807) is 32.3 Å². The van der Waals surface area contributed by atoms with E-state index in [0.29, 0.717) is 36.0 Å². The van der Waals surface area contributed by atoms with Gasteiger partial charge in [0.1, 0.15) is 29.3 Å². The number of rotatable bonds is 11. The zero-order chi connectivity index (χ0) is 31.7. The van der Waals surface area contributed by atoms with Crippen LogP contribution in [-0.4, -0.2) is 59.9 Å². The maximum Gasteiger partial charge on any atom is 0.359 e. The summed E-state index contributed by atoms with van der Waals surface area (Å²) in [4.78, 5) is 22.4. The molecule has 4 rings (SSSR count). The molecule has 0 aliphatic rings. The van der Waals surface area contributed by atoms with Crippen LogP contribution in [0.2, 0.25) is 18.1 Å². The molecule has 0 radical (unpaired) electrons. The molecule has 0 aliphatic heterocycles. The molecule has 0 amide bonds. The maximum absolute atomic E-state index is 13.0. The summed E-state index contributed by atoms with van der Waals surface area (Å²) in [6.07, 6.45) is 3.40. The number of hydrogen-bond donors (Lipinski definition) is 1. The summed E-state index contributed by atoms with van der Waals surface area (Å²) in [5, 5.41) is 8.78. The van der Waals surface area contributed by atoms with Gasteiger partial charge in [0.15, 0.2) is 14.0 Å². The van der Waals surface area contributed by atoms with Gasteiger partial charge in [-0.2, -0.15) is 5.10 Å².